The van der Waals surface area contributed by atoms with E-state index in [1.54, 1.807) is 4.90 Å². The van der Waals surface area contributed by atoms with Crippen LogP contribution in [-0.2, 0) is 4.79 Å². The molecule has 0 N–H and O–H groups in total. The highest BCUT2D eigenvalue weighted by molar-refractivity contribution is 8.14. The van der Waals surface area contributed by atoms with E-state index in [4.69, 9.17) is 0 Å². The van der Waals surface area contributed by atoms with Gasteiger partial charge in [-0.15, -0.1) is 0 Å². The highest BCUT2D eigenvalue weighted by atomic mass is 32.2. The molecule has 6 heteroatoms. The summed E-state index contributed by atoms with van der Waals surface area (Å²) in [5, 5.41) is -2.05. The lowest BCUT2D eigenvalue weighted by Crippen LogP contribution is -2.41. The largest absolute Gasteiger partial charge is 0.402 e. The molecule has 0 aliphatic carbocycles. The number of alkyl halides is 3. The molecule has 1 saturated heterocycles. The van der Waals surface area contributed by atoms with Gasteiger partial charge in [0.15, 0.2) is 5.12 Å². The Morgan fingerprint density at radius 1 is 1.31 bits per heavy atom. The number of hydrogen-bond acceptors (Lipinski definition) is 3. The Hall–Kier alpha value is -0.230. The third-order valence-electron chi connectivity index (χ3n) is 2.55. The number of halogens is 3. The highest BCUT2D eigenvalue weighted by Gasteiger charge is 2.42. The van der Waals surface area contributed by atoms with E-state index in [2.05, 4.69) is 0 Å². The van der Waals surface area contributed by atoms with Gasteiger partial charge in [-0.2, -0.15) is 13.2 Å². The van der Waals surface area contributed by atoms with Crippen LogP contribution >= 0.6 is 11.8 Å². The standard InChI is InChI=1S/C10H16F3NOS/c1-8(15)16-9(10(11,12)13)7-14-5-3-2-4-6-14/h9H,2-7H2,1H3. The summed E-state index contributed by atoms with van der Waals surface area (Å²) in [4.78, 5) is 12.6. The van der Waals surface area contributed by atoms with Crippen LogP contribution in [0, 0.1) is 0 Å². The molecule has 0 amide bonds. The van der Waals surface area contributed by atoms with Crippen LogP contribution in [0.15, 0.2) is 0 Å². The van der Waals surface area contributed by atoms with E-state index in [9.17, 15) is 18.0 Å². The zero-order chi connectivity index (χ0) is 12.2. The van der Waals surface area contributed by atoms with Crippen LogP contribution in [0.4, 0.5) is 13.2 Å². The fourth-order valence-corrected chi connectivity index (χ4v) is 2.60. The summed E-state index contributed by atoms with van der Waals surface area (Å²) in [6, 6.07) is 0. The number of hydrogen-bond donors (Lipinski definition) is 0. The quantitative estimate of drug-likeness (QED) is 0.773. The summed E-state index contributed by atoms with van der Waals surface area (Å²) in [5.74, 6) is 0. The van der Waals surface area contributed by atoms with Crippen molar-refractivity contribution in [2.24, 2.45) is 0 Å². The molecule has 1 heterocycles. The minimum atomic E-state index is -4.30. The summed E-state index contributed by atoms with van der Waals surface area (Å²) in [6.45, 7) is 2.55. The number of carbonyl (C=O) groups is 1. The first-order valence-electron chi connectivity index (χ1n) is 5.36. The number of carbonyl (C=O) groups excluding carboxylic acids is 1. The van der Waals surface area contributed by atoms with Crippen LogP contribution in [0.2, 0.25) is 0 Å². The lowest BCUT2D eigenvalue weighted by atomic mass is 10.1. The molecular weight excluding hydrogens is 239 g/mol. The molecule has 1 aliphatic heterocycles. The maximum absolute atomic E-state index is 12.6. The Morgan fingerprint density at radius 3 is 2.31 bits per heavy atom. The summed E-state index contributed by atoms with van der Waals surface area (Å²) < 4.78 is 37.9. The zero-order valence-electron chi connectivity index (χ0n) is 9.22. The summed E-state index contributed by atoms with van der Waals surface area (Å²) in [5.41, 5.74) is 0. The Balaban J connectivity index is 2.51. The number of thioether (sulfide) groups is 1. The van der Waals surface area contributed by atoms with E-state index in [0.29, 0.717) is 24.9 Å². The predicted molar refractivity (Wildman–Crippen MR) is 58.4 cm³/mol. The monoisotopic (exact) mass is 255 g/mol. The number of nitrogens with zero attached hydrogens (tertiary/aromatic N) is 1. The summed E-state index contributed by atoms with van der Waals surface area (Å²) in [6.07, 6.45) is -1.30. The van der Waals surface area contributed by atoms with Crippen LogP contribution in [0.3, 0.4) is 0 Å². The molecule has 0 aromatic rings. The first-order valence-corrected chi connectivity index (χ1v) is 6.24. The van der Waals surface area contributed by atoms with Crippen LogP contribution in [0.1, 0.15) is 26.2 Å². The Labute approximate surface area is 97.6 Å². The van der Waals surface area contributed by atoms with Gasteiger partial charge in [-0.05, 0) is 25.9 Å². The molecule has 0 aromatic carbocycles. The Bertz CT molecular complexity index is 239. The fourth-order valence-electron chi connectivity index (χ4n) is 1.78. The smallest absolute Gasteiger partial charge is 0.302 e. The predicted octanol–water partition coefficient (Wildman–Crippen LogP) is 2.68. The SMILES string of the molecule is CC(=O)SC(CN1CCCCC1)C(F)(F)F. The van der Waals surface area contributed by atoms with Gasteiger partial charge in [0.1, 0.15) is 5.25 Å². The van der Waals surface area contributed by atoms with E-state index in [1.807, 2.05) is 0 Å². The molecule has 16 heavy (non-hydrogen) atoms. The molecular formula is C10H16F3NOS. The van der Waals surface area contributed by atoms with Crippen LogP contribution < -0.4 is 0 Å². The third-order valence-corrected chi connectivity index (χ3v) is 3.58. The van der Waals surface area contributed by atoms with Crippen LogP contribution in [0.5, 0.6) is 0 Å². The van der Waals surface area contributed by atoms with Crippen molar-refractivity contribution in [1.82, 2.24) is 4.90 Å². The lowest BCUT2D eigenvalue weighted by Gasteiger charge is -2.30. The minimum Gasteiger partial charge on any atom is -0.302 e. The molecule has 1 aliphatic rings. The summed E-state index contributed by atoms with van der Waals surface area (Å²) in [7, 11) is 0. The van der Waals surface area contributed by atoms with Crippen molar-refractivity contribution < 1.29 is 18.0 Å². The number of rotatable bonds is 3. The second-order valence-corrected chi connectivity index (χ2v) is 5.38. The van der Waals surface area contributed by atoms with E-state index in [0.717, 1.165) is 19.3 Å². The average Bonchev–Trinajstić information content (AvgIpc) is 2.16. The molecule has 0 spiro atoms. The van der Waals surface area contributed by atoms with Crippen molar-refractivity contribution in [2.45, 2.75) is 37.6 Å². The second kappa shape index (κ2) is 5.91. The van der Waals surface area contributed by atoms with Gasteiger partial charge < -0.3 is 4.90 Å². The fraction of sp³-hybridized carbons (Fsp3) is 0.900. The topological polar surface area (TPSA) is 20.3 Å². The van der Waals surface area contributed by atoms with Gasteiger partial charge in [0.25, 0.3) is 0 Å². The molecule has 1 rings (SSSR count). The van der Waals surface area contributed by atoms with Crippen molar-refractivity contribution in [3.05, 3.63) is 0 Å². The van der Waals surface area contributed by atoms with Gasteiger partial charge in [-0.1, -0.05) is 18.2 Å². The molecule has 1 unspecified atom stereocenters. The van der Waals surface area contributed by atoms with Gasteiger partial charge in [0.05, 0.1) is 0 Å². The molecule has 1 fully saturated rings. The number of likely N-dealkylation sites (tertiary alicyclic amines) is 1. The number of piperidine rings is 1. The van der Waals surface area contributed by atoms with Crippen LogP contribution in [0.25, 0.3) is 0 Å². The van der Waals surface area contributed by atoms with E-state index in [1.165, 1.54) is 6.92 Å². The zero-order valence-corrected chi connectivity index (χ0v) is 10.0. The Morgan fingerprint density at radius 2 is 1.88 bits per heavy atom. The van der Waals surface area contributed by atoms with Crippen molar-refractivity contribution in [3.63, 3.8) is 0 Å². The van der Waals surface area contributed by atoms with Crippen LogP contribution in [-0.4, -0.2) is 41.1 Å². The molecule has 0 saturated carbocycles. The normalized spacial score (nSPS) is 20.8. The van der Waals surface area contributed by atoms with Crippen molar-refractivity contribution in [2.75, 3.05) is 19.6 Å². The minimum absolute atomic E-state index is 0.0618. The molecule has 2 nitrogen and oxygen atoms in total. The van der Waals surface area contributed by atoms with E-state index < -0.39 is 16.5 Å². The highest BCUT2D eigenvalue weighted by Crippen LogP contribution is 2.32. The Kier molecular flexibility index (Phi) is 5.11. The van der Waals surface area contributed by atoms with Crippen molar-refractivity contribution in [3.8, 4) is 0 Å². The summed E-state index contributed by atoms with van der Waals surface area (Å²) >= 11 is 0.395. The third kappa shape index (κ3) is 4.74. The molecule has 0 radical (unpaired) electrons. The van der Waals surface area contributed by atoms with Crippen molar-refractivity contribution >= 4 is 16.9 Å². The average molecular weight is 255 g/mol. The van der Waals surface area contributed by atoms with Gasteiger partial charge in [-0.25, -0.2) is 0 Å². The maximum atomic E-state index is 12.6. The lowest BCUT2D eigenvalue weighted by molar-refractivity contribution is -0.133. The molecule has 1 atom stereocenters. The molecule has 0 aromatic heterocycles. The first kappa shape index (κ1) is 13.8. The molecule has 94 valence electrons. The molecule has 0 bridgehead atoms. The second-order valence-electron chi connectivity index (χ2n) is 4.00. The maximum Gasteiger partial charge on any atom is 0.402 e. The van der Waals surface area contributed by atoms with Gasteiger partial charge in [-0.3, -0.25) is 4.79 Å². The van der Waals surface area contributed by atoms with Crippen molar-refractivity contribution in [1.29, 1.82) is 0 Å². The first-order chi connectivity index (χ1) is 7.39. The van der Waals surface area contributed by atoms with Gasteiger partial charge in [0.2, 0.25) is 0 Å². The van der Waals surface area contributed by atoms with E-state index >= 15 is 0 Å². The van der Waals surface area contributed by atoms with Gasteiger partial charge >= 0.3 is 6.18 Å². The van der Waals surface area contributed by atoms with E-state index in [-0.39, 0.29) is 6.54 Å². The van der Waals surface area contributed by atoms with Gasteiger partial charge in [0, 0.05) is 13.5 Å².